The molecule has 16 heavy (non-hydrogen) atoms. The number of halogens is 1. The third-order valence-corrected chi connectivity index (χ3v) is 3.92. The van der Waals surface area contributed by atoms with E-state index in [1.165, 1.54) is 4.88 Å². The quantitative estimate of drug-likeness (QED) is 0.665. The number of thiophene rings is 1. The second-order valence-corrected chi connectivity index (χ2v) is 5.28. The van der Waals surface area contributed by atoms with Crippen molar-refractivity contribution in [1.29, 1.82) is 0 Å². The highest BCUT2D eigenvalue weighted by molar-refractivity contribution is 9.10. The summed E-state index contributed by atoms with van der Waals surface area (Å²) in [6, 6.07) is 1.56. The lowest BCUT2D eigenvalue weighted by Gasteiger charge is -2.11. The zero-order chi connectivity index (χ0) is 12.0. The first-order chi connectivity index (χ1) is 7.63. The molecule has 1 unspecified atom stereocenters. The predicted octanol–water partition coefficient (Wildman–Crippen LogP) is 1.32. The topological polar surface area (TPSA) is 61.4 Å². The fourth-order valence-corrected chi connectivity index (χ4v) is 2.71. The third-order valence-electron chi connectivity index (χ3n) is 2.16. The normalized spacial score (nSPS) is 12.6. The van der Waals surface area contributed by atoms with Crippen molar-refractivity contribution >= 4 is 33.2 Å². The van der Waals surface area contributed by atoms with Crippen LogP contribution in [0.15, 0.2) is 15.9 Å². The summed E-state index contributed by atoms with van der Waals surface area (Å²) in [4.78, 5) is 12.0. The van der Waals surface area contributed by atoms with Crippen LogP contribution in [-0.4, -0.2) is 37.3 Å². The van der Waals surface area contributed by atoms with E-state index in [4.69, 9.17) is 5.11 Å². The van der Waals surface area contributed by atoms with Crippen molar-refractivity contribution < 1.29 is 9.90 Å². The molecule has 90 valence electrons. The van der Waals surface area contributed by atoms with E-state index < -0.39 is 12.0 Å². The first kappa shape index (κ1) is 13.6. The van der Waals surface area contributed by atoms with Crippen LogP contribution in [0.25, 0.3) is 0 Å². The molecular formula is C10H15BrN2O2S. The van der Waals surface area contributed by atoms with Crippen molar-refractivity contribution in [3.05, 3.63) is 20.8 Å². The van der Waals surface area contributed by atoms with Crippen LogP contribution in [0.3, 0.4) is 0 Å². The van der Waals surface area contributed by atoms with Gasteiger partial charge in [-0.2, -0.15) is 0 Å². The van der Waals surface area contributed by atoms with Gasteiger partial charge in [0.2, 0.25) is 0 Å². The van der Waals surface area contributed by atoms with Gasteiger partial charge in [-0.25, -0.2) is 0 Å². The summed E-state index contributed by atoms with van der Waals surface area (Å²) in [6.07, 6.45) is 0.923. The summed E-state index contributed by atoms with van der Waals surface area (Å²) < 4.78 is 1.10. The number of carboxylic acids is 1. The van der Waals surface area contributed by atoms with Crippen molar-refractivity contribution in [3.8, 4) is 0 Å². The van der Waals surface area contributed by atoms with Gasteiger partial charge in [0, 0.05) is 27.8 Å². The lowest BCUT2D eigenvalue weighted by Crippen LogP contribution is -2.43. The number of hydrogen-bond acceptors (Lipinski definition) is 4. The van der Waals surface area contributed by atoms with Crippen LogP contribution < -0.4 is 10.6 Å². The molecule has 0 aliphatic heterocycles. The predicted molar refractivity (Wildman–Crippen MR) is 69.1 cm³/mol. The van der Waals surface area contributed by atoms with E-state index in [0.717, 1.165) is 17.4 Å². The van der Waals surface area contributed by atoms with Crippen molar-refractivity contribution in [3.63, 3.8) is 0 Å². The van der Waals surface area contributed by atoms with Gasteiger partial charge in [0.15, 0.2) is 0 Å². The van der Waals surface area contributed by atoms with Crippen molar-refractivity contribution in [2.24, 2.45) is 0 Å². The third kappa shape index (κ3) is 4.61. The smallest absolute Gasteiger partial charge is 0.322 e. The fourth-order valence-electron chi connectivity index (χ4n) is 1.26. The summed E-state index contributed by atoms with van der Waals surface area (Å²) in [5.74, 6) is -0.825. The second-order valence-electron chi connectivity index (χ2n) is 3.36. The highest BCUT2D eigenvalue weighted by atomic mass is 79.9. The highest BCUT2D eigenvalue weighted by Crippen LogP contribution is 2.19. The van der Waals surface area contributed by atoms with Gasteiger partial charge in [-0.1, -0.05) is 0 Å². The Labute approximate surface area is 107 Å². The van der Waals surface area contributed by atoms with Crippen LogP contribution in [0.4, 0.5) is 0 Å². The van der Waals surface area contributed by atoms with Gasteiger partial charge < -0.3 is 15.7 Å². The molecule has 0 aliphatic rings. The number of aliphatic carboxylic acids is 1. The molecule has 1 aromatic heterocycles. The van der Waals surface area contributed by atoms with Gasteiger partial charge >= 0.3 is 5.97 Å². The zero-order valence-electron chi connectivity index (χ0n) is 9.00. The summed E-state index contributed by atoms with van der Waals surface area (Å²) in [7, 11) is 1.65. The van der Waals surface area contributed by atoms with Crippen LogP contribution in [0.2, 0.25) is 0 Å². The SMILES string of the molecule is CNC(CNCCc1cc(Br)cs1)C(=O)O. The van der Waals surface area contributed by atoms with Gasteiger partial charge in [0.25, 0.3) is 0 Å². The molecular weight excluding hydrogens is 292 g/mol. The summed E-state index contributed by atoms with van der Waals surface area (Å²) in [6.45, 7) is 1.23. The fraction of sp³-hybridized carbons (Fsp3) is 0.500. The number of rotatable bonds is 7. The number of likely N-dealkylation sites (N-methyl/N-ethyl adjacent to an activating group) is 1. The van der Waals surface area contributed by atoms with E-state index in [9.17, 15) is 4.79 Å². The lowest BCUT2D eigenvalue weighted by molar-refractivity contribution is -0.139. The first-order valence-electron chi connectivity index (χ1n) is 4.97. The van der Waals surface area contributed by atoms with E-state index >= 15 is 0 Å². The molecule has 0 bridgehead atoms. The summed E-state index contributed by atoms with van der Waals surface area (Å²) >= 11 is 5.10. The standard InChI is InChI=1S/C10H15BrN2O2S/c1-12-9(10(14)15)5-13-3-2-8-4-7(11)6-16-8/h4,6,9,12-13H,2-3,5H2,1H3,(H,14,15). The maximum absolute atomic E-state index is 10.7. The van der Waals surface area contributed by atoms with Crippen molar-refractivity contribution in [1.82, 2.24) is 10.6 Å². The summed E-state index contributed by atoms with van der Waals surface area (Å²) in [5.41, 5.74) is 0. The molecule has 1 rings (SSSR count). The van der Waals surface area contributed by atoms with Crippen LogP contribution >= 0.6 is 27.3 Å². The first-order valence-corrected chi connectivity index (χ1v) is 6.64. The number of hydrogen-bond donors (Lipinski definition) is 3. The molecule has 1 atom stereocenters. The van der Waals surface area contributed by atoms with Gasteiger partial charge in [-0.15, -0.1) is 11.3 Å². The Morgan fingerprint density at radius 3 is 2.94 bits per heavy atom. The molecule has 0 aromatic carbocycles. The largest absolute Gasteiger partial charge is 0.480 e. The van der Waals surface area contributed by atoms with E-state index in [1.54, 1.807) is 18.4 Å². The average Bonchev–Trinajstić information content (AvgIpc) is 2.64. The van der Waals surface area contributed by atoms with Gasteiger partial charge in [-0.05, 0) is 35.5 Å². The minimum atomic E-state index is -0.825. The number of carbonyl (C=O) groups is 1. The van der Waals surface area contributed by atoms with Crippen LogP contribution in [0, 0.1) is 0 Å². The Bertz CT molecular complexity index is 343. The molecule has 0 fully saturated rings. The average molecular weight is 307 g/mol. The number of nitrogens with one attached hydrogen (secondary N) is 2. The molecule has 1 heterocycles. The van der Waals surface area contributed by atoms with Crippen molar-refractivity contribution in [2.45, 2.75) is 12.5 Å². The van der Waals surface area contributed by atoms with Gasteiger partial charge in [-0.3, -0.25) is 4.79 Å². The van der Waals surface area contributed by atoms with E-state index in [-0.39, 0.29) is 0 Å². The van der Waals surface area contributed by atoms with E-state index in [2.05, 4.69) is 32.6 Å². The second kappa shape index (κ2) is 7.01. The maximum Gasteiger partial charge on any atom is 0.322 e. The molecule has 3 N–H and O–H groups in total. The monoisotopic (exact) mass is 306 g/mol. The van der Waals surface area contributed by atoms with Crippen LogP contribution in [0.5, 0.6) is 0 Å². The van der Waals surface area contributed by atoms with Gasteiger partial charge in [0.05, 0.1) is 0 Å². The molecule has 0 radical (unpaired) electrons. The molecule has 0 amide bonds. The van der Waals surface area contributed by atoms with Crippen molar-refractivity contribution in [2.75, 3.05) is 20.1 Å². The molecule has 4 nitrogen and oxygen atoms in total. The lowest BCUT2D eigenvalue weighted by atomic mass is 10.3. The van der Waals surface area contributed by atoms with E-state index in [0.29, 0.717) is 6.54 Å². The molecule has 0 spiro atoms. The van der Waals surface area contributed by atoms with Gasteiger partial charge in [0.1, 0.15) is 6.04 Å². The zero-order valence-corrected chi connectivity index (χ0v) is 11.4. The Kier molecular flexibility index (Phi) is 5.97. The molecule has 0 saturated heterocycles. The minimum absolute atomic E-state index is 0.443. The Morgan fingerprint density at radius 1 is 1.69 bits per heavy atom. The maximum atomic E-state index is 10.7. The Balaban J connectivity index is 2.18. The van der Waals surface area contributed by atoms with E-state index in [1.807, 2.05) is 5.38 Å². The molecule has 1 aromatic rings. The molecule has 6 heteroatoms. The molecule has 0 saturated carbocycles. The van der Waals surface area contributed by atoms with Crippen LogP contribution in [0.1, 0.15) is 4.88 Å². The highest BCUT2D eigenvalue weighted by Gasteiger charge is 2.13. The number of carboxylic acid groups (broad SMARTS) is 1. The molecule has 0 aliphatic carbocycles. The Hall–Kier alpha value is -0.430. The summed E-state index contributed by atoms with van der Waals surface area (Å²) in [5, 5.41) is 16.7. The van der Waals surface area contributed by atoms with Crippen LogP contribution in [-0.2, 0) is 11.2 Å². The minimum Gasteiger partial charge on any atom is -0.480 e. The Morgan fingerprint density at radius 2 is 2.44 bits per heavy atom.